The highest BCUT2D eigenvalue weighted by atomic mass is 19.1. The minimum absolute atomic E-state index is 0.00627. The Bertz CT molecular complexity index is 981. The van der Waals surface area contributed by atoms with Crippen molar-refractivity contribution in [1.82, 2.24) is 25.3 Å². The highest BCUT2D eigenvalue weighted by Crippen LogP contribution is 2.32. The Labute approximate surface area is 174 Å². The van der Waals surface area contributed by atoms with E-state index < -0.39 is 29.1 Å². The summed E-state index contributed by atoms with van der Waals surface area (Å²) in [6.45, 7) is 6.66. The first-order valence-corrected chi connectivity index (χ1v) is 9.80. The standard InChI is InChI=1S/C21H27F2N5O2/c1-21(2,3)18(19(29)24-4)25-20(30)28-16-8-9-27(5)11-14(16)17(26-28)13-10-12(22)6-7-15(13)23/h6-7,10,18H,8-9,11H2,1-5H3,(H,24,29)(H,25,30). The number of hydrogen-bond donors (Lipinski definition) is 2. The van der Waals surface area contributed by atoms with Gasteiger partial charge in [-0.3, -0.25) is 4.79 Å². The zero-order valence-electron chi connectivity index (χ0n) is 17.8. The number of nitrogens with zero attached hydrogens (tertiary/aromatic N) is 3. The van der Waals surface area contributed by atoms with Crippen LogP contribution < -0.4 is 10.6 Å². The Balaban J connectivity index is 2.06. The van der Waals surface area contributed by atoms with Crippen molar-refractivity contribution in [2.24, 2.45) is 5.41 Å². The van der Waals surface area contributed by atoms with Gasteiger partial charge in [-0.1, -0.05) is 20.8 Å². The molecule has 2 aromatic rings. The molecule has 0 saturated heterocycles. The van der Waals surface area contributed by atoms with Gasteiger partial charge in [-0.2, -0.15) is 9.78 Å². The number of likely N-dealkylation sites (N-methyl/N-ethyl adjacent to an activating group) is 2. The Morgan fingerprint density at radius 1 is 1.23 bits per heavy atom. The molecule has 1 aliphatic rings. The topological polar surface area (TPSA) is 79.3 Å². The van der Waals surface area contributed by atoms with Crippen LogP contribution in [0.2, 0.25) is 0 Å². The van der Waals surface area contributed by atoms with Crippen molar-refractivity contribution < 1.29 is 18.4 Å². The molecular weight excluding hydrogens is 392 g/mol. The van der Waals surface area contributed by atoms with Crippen LogP contribution in [-0.4, -0.2) is 53.3 Å². The third kappa shape index (κ3) is 4.21. The Kier molecular flexibility index (Phi) is 5.94. The van der Waals surface area contributed by atoms with E-state index in [0.717, 1.165) is 18.2 Å². The van der Waals surface area contributed by atoms with Crippen molar-refractivity contribution in [3.05, 3.63) is 41.1 Å². The number of hydrogen-bond acceptors (Lipinski definition) is 4. The smallest absolute Gasteiger partial charge is 0.343 e. The molecule has 1 aromatic carbocycles. The van der Waals surface area contributed by atoms with Crippen LogP contribution in [0, 0.1) is 17.0 Å². The molecule has 7 nitrogen and oxygen atoms in total. The van der Waals surface area contributed by atoms with Crippen LogP contribution in [0.5, 0.6) is 0 Å². The fraction of sp³-hybridized carbons (Fsp3) is 0.476. The van der Waals surface area contributed by atoms with Crippen LogP contribution in [0.4, 0.5) is 13.6 Å². The van der Waals surface area contributed by atoms with Crippen molar-refractivity contribution in [3.8, 4) is 11.3 Å². The average molecular weight is 419 g/mol. The van der Waals surface area contributed by atoms with E-state index in [2.05, 4.69) is 15.7 Å². The van der Waals surface area contributed by atoms with E-state index >= 15 is 0 Å². The maximum atomic E-state index is 14.5. The van der Waals surface area contributed by atoms with Gasteiger partial charge in [-0.05, 0) is 30.7 Å². The van der Waals surface area contributed by atoms with Crippen molar-refractivity contribution >= 4 is 11.9 Å². The molecule has 2 amide bonds. The van der Waals surface area contributed by atoms with Gasteiger partial charge in [0.1, 0.15) is 23.4 Å². The van der Waals surface area contributed by atoms with E-state index in [9.17, 15) is 18.4 Å². The Morgan fingerprint density at radius 3 is 2.57 bits per heavy atom. The fourth-order valence-corrected chi connectivity index (χ4v) is 3.62. The summed E-state index contributed by atoms with van der Waals surface area (Å²) in [6, 6.07) is 1.79. The van der Waals surface area contributed by atoms with E-state index in [-0.39, 0.29) is 17.2 Å². The number of aromatic nitrogens is 2. The summed E-state index contributed by atoms with van der Waals surface area (Å²) in [7, 11) is 3.41. The highest BCUT2D eigenvalue weighted by molar-refractivity contribution is 5.88. The average Bonchev–Trinajstić information content (AvgIpc) is 3.04. The maximum Gasteiger partial charge on any atom is 0.343 e. The van der Waals surface area contributed by atoms with Crippen LogP contribution >= 0.6 is 0 Å². The molecule has 162 valence electrons. The van der Waals surface area contributed by atoms with Gasteiger partial charge in [-0.25, -0.2) is 13.6 Å². The number of carbonyl (C=O) groups excluding carboxylic acids is 2. The molecule has 1 unspecified atom stereocenters. The third-order valence-electron chi connectivity index (χ3n) is 5.27. The summed E-state index contributed by atoms with van der Waals surface area (Å²) < 4.78 is 29.5. The molecule has 30 heavy (non-hydrogen) atoms. The summed E-state index contributed by atoms with van der Waals surface area (Å²) in [5.74, 6) is -1.53. The van der Waals surface area contributed by atoms with Gasteiger partial charge in [0.15, 0.2) is 0 Å². The number of carbonyl (C=O) groups is 2. The summed E-state index contributed by atoms with van der Waals surface area (Å²) in [5.41, 5.74) is 1.01. The van der Waals surface area contributed by atoms with E-state index in [1.54, 1.807) is 0 Å². The Hall–Kier alpha value is -2.81. The molecule has 3 rings (SSSR count). The summed E-state index contributed by atoms with van der Waals surface area (Å²) in [5, 5.41) is 9.66. The lowest BCUT2D eigenvalue weighted by molar-refractivity contribution is -0.124. The second-order valence-corrected chi connectivity index (χ2v) is 8.66. The molecule has 0 spiro atoms. The van der Waals surface area contributed by atoms with Gasteiger partial charge >= 0.3 is 6.03 Å². The van der Waals surface area contributed by atoms with Crippen LogP contribution in [-0.2, 0) is 17.8 Å². The highest BCUT2D eigenvalue weighted by Gasteiger charge is 2.34. The summed E-state index contributed by atoms with van der Waals surface area (Å²) in [4.78, 5) is 27.4. The SMILES string of the molecule is CNC(=O)C(NC(=O)n1nc(-c2cc(F)ccc2F)c2c1CCN(C)C2)C(C)(C)C. The number of fused-ring (bicyclic) bond motifs is 1. The predicted molar refractivity (Wildman–Crippen MR) is 109 cm³/mol. The molecule has 1 aliphatic heterocycles. The molecule has 1 aromatic heterocycles. The van der Waals surface area contributed by atoms with E-state index in [4.69, 9.17) is 0 Å². The van der Waals surface area contributed by atoms with Crippen molar-refractivity contribution in [1.29, 1.82) is 0 Å². The number of amides is 2. The lowest BCUT2D eigenvalue weighted by atomic mass is 9.86. The molecular formula is C21H27F2N5O2. The molecule has 1 atom stereocenters. The summed E-state index contributed by atoms with van der Waals surface area (Å²) >= 11 is 0. The van der Waals surface area contributed by atoms with E-state index in [0.29, 0.717) is 30.8 Å². The minimum atomic E-state index is -0.796. The molecule has 0 aliphatic carbocycles. The molecule has 0 saturated carbocycles. The van der Waals surface area contributed by atoms with Crippen molar-refractivity contribution in [2.75, 3.05) is 20.6 Å². The van der Waals surface area contributed by atoms with Gasteiger partial charge in [0.25, 0.3) is 0 Å². The molecule has 2 N–H and O–H groups in total. The quantitative estimate of drug-likeness (QED) is 0.802. The second kappa shape index (κ2) is 8.14. The van der Waals surface area contributed by atoms with E-state index in [1.165, 1.54) is 11.7 Å². The second-order valence-electron chi connectivity index (χ2n) is 8.66. The number of halogens is 2. The summed E-state index contributed by atoms with van der Waals surface area (Å²) in [6.07, 6.45) is 0.517. The van der Waals surface area contributed by atoms with Gasteiger partial charge < -0.3 is 15.5 Å². The Morgan fingerprint density at radius 2 is 1.93 bits per heavy atom. The van der Waals surface area contributed by atoms with Crippen LogP contribution in [0.3, 0.4) is 0 Å². The zero-order chi connectivity index (χ0) is 22.2. The first-order valence-electron chi connectivity index (χ1n) is 9.80. The monoisotopic (exact) mass is 419 g/mol. The number of nitrogens with one attached hydrogen (secondary N) is 2. The van der Waals surface area contributed by atoms with Gasteiger partial charge in [0.2, 0.25) is 5.91 Å². The molecule has 0 radical (unpaired) electrons. The number of benzene rings is 1. The first-order chi connectivity index (χ1) is 14.0. The van der Waals surface area contributed by atoms with Gasteiger partial charge in [0, 0.05) is 37.7 Å². The lowest BCUT2D eigenvalue weighted by Crippen LogP contribution is -2.54. The lowest BCUT2D eigenvalue weighted by Gasteiger charge is -2.30. The molecule has 2 heterocycles. The van der Waals surface area contributed by atoms with Crippen LogP contribution in [0.15, 0.2) is 18.2 Å². The van der Waals surface area contributed by atoms with Gasteiger partial charge in [-0.15, -0.1) is 0 Å². The largest absolute Gasteiger partial charge is 0.357 e. The maximum absolute atomic E-state index is 14.5. The zero-order valence-corrected chi connectivity index (χ0v) is 17.8. The molecule has 0 fully saturated rings. The van der Waals surface area contributed by atoms with Crippen LogP contribution in [0.25, 0.3) is 11.3 Å². The fourth-order valence-electron chi connectivity index (χ4n) is 3.62. The van der Waals surface area contributed by atoms with E-state index in [1.807, 2.05) is 32.7 Å². The van der Waals surface area contributed by atoms with Crippen molar-refractivity contribution in [3.63, 3.8) is 0 Å². The normalized spacial score (nSPS) is 15.4. The van der Waals surface area contributed by atoms with Crippen LogP contribution in [0.1, 0.15) is 32.0 Å². The molecule has 9 heteroatoms. The first kappa shape index (κ1) is 21.9. The number of rotatable bonds is 3. The third-order valence-corrected chi connectivity index (χ3v) is 5.27. The predicted octanol–water partition coefficient (Wildman–Crippen LogP) is 2.53. The minimum Gasteiger partial charge on any atom is -0.357 e. The van der Waals surface area contributed by atoms with Crippen molar-refractivity contribution in [2.45, 2.75) is 39.8 Å². The van der Waals surface area contributed by atoms with Gasteiger partial charge in [0.05, 0.1) is 5.69 Å². The molecule has 0 bridgehead atoms.